The molecule has 3 fully saturated rings. The molecule has 5 aromatic rings. The SMILES string of the molecule is O=C1CCCCC(=O)c2ccccc2N1.OC12CCCCC1=Nc1ccccc12.c1ccc2c(c1)NC13CCCCC21O3.c1ccc2c3c([nH]c2c1)CCCC3. The first-order chi connectivity index (χ1) is 27.4. The number of aromatic nitrogens is 1. The van der Waals surface area contributed by atoms with Crippen LogP contribution < -0.4 is 10.6 Å². The van der Waals surface area contributed by atoms with Gasteiger partial charge in [0.2, 0.25) is 5.91 Å². The third-order valence-corrected chi connectivity index (χ3v) is 12.8. The number of anilines is 2. The van der Waals surface area contributed by atoms with Crippen LogP contribution in [0.3, 0.4) is 0 Å². The van der Waals surface area contributed by atoms with Gasteiger partial charge in [0.25, 0.3) is 0 Å². The number of rotatable bonds is 0. The van der Waals surface area contributed by atoms with Gasteiger partial charge in [0.15, 0.2) is 11.5 Å². The van der Waals surface area contributed by atoms with E-state index in [4.69, 9.17) is 4.74 Å². The molecule has 1 aromatic heterocycles. The van der Waals surface area contributed by atoms with Crippen LogP contribution >= 0.6 is 0 Å². The Labute approximate surface area is 329 Å². The number of hydrogen-bond acceptors (Lipinski definition) is 6. The highest BCUT2D eigenvalue weighted by molar-refractivity contribution is 6.05. The van der Waals surface area contributed by atoms with E-state index in [2.05, 4.69) is 69.1 Å². The maximum atomic E-state index is 11.8. The number of amides is 1. The first-order valence-corrected chi connectivity index (χ1v) is 20.9. The molecule has 56 heavy (non-hydrogen) atoms. The first-order valence-electron chi connectivity index (χ1n) is 20.9. The molecule has 4 aromatic carbocycles. The first kappa shape index (κ1) is 36.6. The maximum Gasteiger partial charge on any atom is 0.224 e. The van der Waals surface area contributed by atoms with E-state index in [1.807, 2.05) is 36.4 Å². The molecule has 7 aliphatic rings. The fourth-order valence-electron chi connectivity index (χ4n) is 9.92. The van der Waals surface area contributed by atoms with E-state index in [1.54, 1.807) is 17.7 Å². The molecule has 0 radical (unpaired) electrons. The maximum absolute atomic E-state index is 11.8. The largest absolute Gasteiger partial charge is 0.379 e. The van der Waals surface area contributed by atoms with E-state index in [9.17, 15) is 14.7 Å². The minimum absolute atomic E-state index is 0.00264. The fraction of sp³-hybridized carbons (Fsp3) is 0.396. The normalized spacial score (nSPS) is 26.1. The second-order valence-electron chi connectivity index (χ2n) is 16.3. The zero-order valence-corrected chi connectivity index (χ0v) is 32.2. The molecule has 288 valence electrons. The molecule has 5 heterocycles. The molecular formula is C48H52N4O4. The summed E-state index contributed by atoms with van der Waals surface area (Å²) >= 11 is 0. The Balaban J connectivity index is 0.0000000976. The Morgan fingerprint density at radius 1 is 0.625 bits per heavy atom. The quantitative estimate of drug-likeness (QED) is 0.118. The monoisotopic (exact) mass is 748 g/mol. The van der Waals surface area contributed by atoms with Crippen LogP contribution in [0, 0.1) is 0 Å². The minimum Gasteiger partial charge on any atom is -0.379 e. The average Bonchev–Trinajstić information content (AvgIpc) is 3.43. The van der Waals surface area contributed by atoms with Crippen molar-refractivity contribution in [3.05, 3.63) is 125 Å². The number of nitrogens with zero attached hydrogens (tertiary/aromatic N) is 1. The van der Waals surface area contributed by atoms with Crippen molar-refractivity contribution in [2.24, 2.45) is 4.99 Å². The van der Waals surface area contributed by atoms with Gasteiger partial charge < -0.3 is 25.5 Å². The zero-order valence-electron chi connectivity index (χ0n) is 32.2. The second-order valence-corrected chi connectivity index (χ2v) is 16.3. The molecule has 0 bridgehead atoms. The molecule has 1 saturated heterocycles. The number of Topliss-reactive ketones (excluding diaryl/α,β-unsaturated/α-hetero) is 1. The number of hydrogen-bond donors (Lipinski definition) is 4. The van der Waals surface area contributed by atoms with Crippen LogP contribution in [0.15, 0.2) is 102 Å². The van der Waals surface area contributed by atoms with Crippen molar-refractivity contribution >= 4 is 45.4 Å². The van der Waals surface area contributed by atoms with Crippen molar-refractivity contribution in [3.8, 4) is 0 Å². The number of carbonyl (C=O) groups is 2. The summed E-state index contributed by atoms with van der Waals surface area (Å²) in [5.41, 5.74) is 10.6. The number of benzene rings is 4. The van der Waals surface area contributed by atoms with E-state index in [-0.39, 0.29) is 23.0 Å². The predicted molar refractivity (Wildman–Crippen MR) is 223 cm³/mol. The number of H-pyrrole nitrogens is 1. The highest BCUT2D eigenvalue weighted by Gasteiger charge is 2.75. The van der Waals surface area contributed by atoms with Gasteiger partial charge in [-0.2, -0.15) is 0 Å². The number of carbonyl (C=O) groups excluding carboxylic acids is 2. The molecule has 4 aliphatic heterocycles. The minimum atomic E-state index is -0.727. The standard InChI is InChI=1S/C12H13NO2.2C12H13NO.C12H13N/c14-11-7-3-4-8-12(15)13-10-6-2-1-5-9(10)11;1-2-6-10-9(5-1)11-7-3-4-8-12(11,13-10)14-11;14-12-8-4-3-7-11(12)13-10-6-2-1-5-9(10)12;1-3-7-11-9(5-1)10-6-2-4-8-12(10)13-11/h1-2,5-6H,3-4,7-8H2,(H,13,15);1-2,5-6,13H,3-4,7-8H2;1-2,5-6,14H,3-4,7-8H2;1,3,5,7,13H,2,4,6,8H2. The smallest absolute Gasteiger partial charge is 0.224 e. The molecule has 3 atom stereocenters. The van der Waals surface area contributed by atoms with Crippen molar-refractivity contribution in [2.45, 2.75) is 120 Å². The van der Waals surface area contributed by atoms with Crippen molar-refractivity contribution < 1.29 is 19.4 Å². The molecule has 3 aliphatic carbocycles. The summed E-state index contributed by atoms with van der Waals surface area (Å²) in [6.07, 6.45) is 16.8. The Hall–Kier alpha value is -5.05. The van der Waals surface area contributed by atoms with E-state index < -0.39 is 5.60 Å². The van der Waals surface area contributed by atoms with Gasteiger partial charge in [-0.05, 0) is 126 Å². The summed E-state index contributed by atoms with van der Waals surface area (Å²) in [4.78, 5) is 31.2. The van der Waals surface area contributed by atoms with Gasteiger partial charge in [0, 0.05) is 51.8 Å². The molecule has 0 spiro atoms. The number of aryl methyl sites for hydroxylation is 2. The molecule has 12 rings (SSSR count). The fourth-order valence-corrected chi connectivity index (χ4v) is 9.92. The molecule has 8 heteroatoms. The van der Waals surface area contributed by atoms with Crippen molar-refractivity contribution in [1.29, 1.82) is 0 Å². The van der Waals surface area contributed by atoms with Crippen LogP contribution in [0.1, 0.15) is 123 Å². The molecular weight excluding hydrogens is 697 g/mol. The Kier molecular flexibility index (Phi) is 9.88. The molecule has 4 N–H and O–H groups in total. The number of para-hydroxylation sites is 4. The number of ether oxygens (including phenoxy) is 1. The van der Waals surface area contributed by atoms with E-state index in [1.165, 1.54) is 79.2 Å². The topological polar surface area (TPSA) is 119 Å². The number of aliphatic hydroxyl groups is 1. The van der Waals surface area contributed by atoms with E-state index >= 15 is 0 Å². The van der Waals surface area contributed by atoms with Gasteiger partial charge in [0.05, 0.1) is 17.1 Å². The highest BCUT2D eigenvalue weighted by atomic mass is 16.7. The zero-order chi connectivity index (χ0) is 38.2. The molecule has 1 amide bonds. The summed E-state index contributed by atoms with van der Waals surface area (Å²) in [5.74, 6) is 0.116. The summed E-state index contributed by atoms with van der Waals surface area (Å²) in [6, 6.07) is 32.3. The third kappa shape index (κ3) is 6.66. The third-order valence-electron chi connectivity index (χ3n) is 12.8. The van der Waals surface area contributed by atoms with Crippen LogP contribution in [0.5, 0.6) is 0 Å². The summed E-state index contributed by atoms with van der Waals surface area (Å²) in [7, 11) is 0. The summed E-state index contributed by atoms with van der Waals surface area (Å²) in [5, 5.41) is 18.3. The highest BCUT2D eigenvalue weighted by Crippen LogP contribution is 2.68. The lowest BCUT2D eigenvalue weighted by Crippen LogP contribution is -2.35. The summed E-state index contributed by atoms with van der Waals surface area (Å²) < 4.78 is 6.00. The van der Waals surface area contributed by atoms with Crippen LogP contribution in [0.25, 0.3) is 10.9 Å². The van der Waals surface area contributed by atoms with Gasteiger partial charge >= 0.3 is 0 Å². The van der Waals surface area contributed by atoms with Crippen molar-refractivity contribution in [1.82, 2.24) is 4.98 Å². The van der Waals surface area contributed by atoms with Crippen LogP contribution in [-0.4, -0.2) is 33.2 Å². The second kappa shape index (κ2) is 15.1. The van der Waals surface area contributed by atoms with Crippen LogP contribution in [-0.2, 0) is 33.6 Å². The van der Waals surface area contributed by atoms with E-state index in [0.29, 0.717) is 24.1 Å². The predicted octanol–water partition coefficient (Wildman–Crippen LogP) is 10.6. The molecule has 2 saturated carbocycles. The van der Waals surface area contributed by atoms with Crippen LogP contribution in [0.4, 0.5) is 17.1 Å². The Morgan fingerprint density at radius 3 is 2.21 bits per heavy atom. The number of fused-ring (bicyclic) bond motifs is 8. The average molecular weight is 749 g/mol. The Morgan fingerprint density at radius 2 is 1.30 bits per heavy atom. The lowest BCUT2D eigenvalue weighted by molar-refractivity contribution is -0.116. The van der Waals surface area contributed by atoms with Crippen molar-refractivity contribution in [2.75, 3.05) is 10.6 Å². The van der Waals surface area contributed by atoms with Gasteiger partial charge in [-0.15, -0.1) is 0 Å². The van der Waals surface area contributed by atoms with Crippen LogP contribution in [0.2, 0.25) is 0 Å². The van der Waals surface area contributed by atoms with Gasteiger partial charge in [-0.25, -0.2) is 0 Å². The number of nitrogens with one attached hydrogen (secondary N) is 3. The molecule has 8 nitrogen and oxygen atoms in total. The molecule has 3 unspecified atom stereocenters. The van der Waals surface area contributed by atoms with Gasteiger partial charge in [-0.1, -0.05) is 66.7 Å². The van der Waals surface area contributed by atoms with Gasteiger partial charge in [0.1, 0.15) is 11.2 Å². The number of ketones is 1. The van der Waals surface area contributed by atoms with Gasteiger partial charge in [-0.3, -0.25) is 14.6 Å². The van der Waals surface area contributed by atoms with E-state index in [0.717, 1.165) is 55.5 Å². The lowest BCUT2D eigenvalue weighted by Gasteiger charge is -2.30. The lowest BCUT2D eigenvalue weighted by atomic mass is 9.79. The summed E-state index contributed by atoms with van der Waals surface area (Å²) in [6.45, 7) is 0. The number of epoxide rings is 1. The number of aromatic amines is 1. The number of aliphatic imine (C=N–C) groups is 1. The van der Waals surface area contributed by atoms with Crippen molar-refractivity contribution in [3.63, 3.8) is 0 Å². The Bertz CT molecular complexity index is 2300.